The van der Waals surface area contributed by atoms with Gasteiger partial charge in [-0.1, -0.05) is 29.3 Å². The van der Waals surface area contributed by atoms with Crippen molar-refractivity contribution in [2.75, 3.05) is 0 Å². The first-order valence-electron chi connectivity index (χ1n) is 8.80. The van der Waals surface area contributed by atoms with Gasteiger partial charge in [-0.2, -0.15) is 0 Å². The number of imidazole rings is 1. The van der Waals surface area contributed by atoms with E-state index in [9.17, 15) is 13.9 Å². The molecule has 7 heteroatoms. The van der Waals surface area contributed by atoms with Crippen molar-refractivity contribution in [3.8, 4) is 22.4 Å². The molecule has 29 heavy (non-hydrogen) atoms. The van der Waals surface area contributed by atoms with Gasteiger partial charge in [0.25, 0.3) is 0 Å². The van der Waals surface area contributed by atoms with Crippen molar-refractivity contribution in [3.05, 3.63) is 82.1 Å². The van der Waals surface area contributed by atoms with Crippen LogP contribution in [0.25, 0.3) is 28.0 Å². The zero-order valence-electron chi connectivity index (χ0n) is 15.5. The fourth-order valence-corrected chi connectivity index (χ4v) is 3.81. The van der Waals surface area contributed by atoms with E-state index in [0.717, 1.165) is 0 Å². The van der Waals surface area contributed by atoms with Crippen LogP contribution in [0.4, 0.5) is 8.78 Å². The molecule has 2 aromatic carbocycles. The Labute approximate surface area is 176 Å². The largest absolute Gasteiger partial charge is 0.386 e. The van der Waals surface area contributed by atoms with E-state index < -0.39 is 17.2 Å². The van der Waals surface area contributed by atoms with Crippen LogP contribution in [0.15, 0.2) is 54.9 Å². The number of pyridine rings is 1. The summed E-state index contributed by atoms with van der Waals surface area (Å²) in [4.78, 5) is 4.16. The van der Waals surface area contributed by atoms with E-state index >= 15 is 0 Å². The van der Waals surface area contributed by atoms with Gasteiger partial charge in [-0.05, 0) is 50.2 Å². The van der Waals surface area contributed by atoms with Gasteiger partial charge >= 0.3 is 0 Å². The van der Waals surface area contributed by atoms with Crippen LogP contribution in [0.5, 0.6) is 0 Å². The molecule has 0 unspecified atom stereocenters. The lowest BCUT2D eigenvalue weighted by Gasteiger charge is -2.18. The molecule has 0 aliphatic carbocycles. The Morgan fingerprint density at radius 1 is 1.00 bits per heavy atom. The maximum atomic E-state index is 14.9. The number of rotatable bonds is 3. The van der Waals surface area contributed by atoms with Gasteiger partial charge < -0.3 is 5.11 Å². The highest BCUT2D eigenvalue weighted by atomic mass is 35.5. The fourth-order valence-electron chi connectivity index (χ4n) is 3.30. The summed E-state index contributed by atoms with van der Waals surface area (Å²) in [5.41, 5.74) is 0.895. The van der Waals surface area contributed by atoms with Crippen LogP contribution in [-0.4, -0.2) is 14.5 Å². The molecule has 148 valence electrons. The van der Waals surface area contributed by atoms with E-state index in [-0.39, 0.29) is 11.2 Å². The SMILES string of the molecule is CC(C)(O)c1ccn2c(-c3ccc(F)c(-c4ccc(Cl)cc4Cl)c3)cnc2c1F. The molecule has 2 heterocycles. The molecule has 1 N–H and O–H groups in total. The Morgan fingerprint density at radius 2 is 1.76 bits per heavy atom. The Morgan fingerprint density at radius 3 is 2.45 bits per heavy atom. The standard InChI is InChI=1S/C22H16Cl2F2N2O/c1-22(2,29)16-7-8-28-19(11-27-21(28)20(16)26)12-3-6-18(25)15(9-12)14-5-4-13(23)10-17(14)24/h3-11,29H,1-2H3. The molecule has 4 rings (SSSR count). The summed E-state index contributed by atoms with van der Waals surface area (Å²) in [5, 5.41) is 10.9. The van der Waals surface area contributed by atoms with Crippen LogP contribution in [-0.2, 0) is 5.60 Å². The molecular formula is C22H16Cl2F2N2O. The Hall–Kier alpha value is -2.47. The van der Waals surface area contributed by atoms with E-state index in [1.54, 1.807) is 40.9 Å². The number of halogens is 4. The Kier molecular flexibility index (Phi) is 4.85. The minimum Gasteiger partial charge on any atom is -0.386 e. The maximum Gasteiger partial charge on any atom is 0.174 e. The summed E-state index contributed by atoms with van der Waals surface area (Å²) in [6, 6.07) is 10.9. The maximum absolute atomic E-state index is 14.9. The summed E-state index contributed by atoms with van der Waals surface area (Å²) in [6.07, 6.45) is 3.14. The number of benzene rings is 2. The average Bonchev–Trinajstić information content (AvgIpc) is 3.07. The van der Waals surface area contributed by atoms with Crippen LogP contribution in [0.2, 0.25) is 10.0 Å². The van der Waals surface area contributed by atoms with Crippen molar-refractivity contribution in [1.29, 1.82) is 0 Å². The van der Waals surface area contributed by atoms with Crippen molar-refractivity contribution in [1.82, 2.24) is 9.38 Å². The molecule has 0 bridgehead atoms. The lowest BCUT2D eigenvalue weighted by atomic mass is 9.99. The third-order valence-electron chi connectivity index (χ3n) is 4.76. The molecule has 0 fully saturated rings. The van der Waals surface area contributed by atoms with Crippen LogP contribution in [0.1, 0.15) is 19.4 Å². The molecular weight excluding hydrogens is 417 g/mol. The van der Waals surface area contributed by atoms with Crippen LogP contribution >= 0.6 is 23.2 Å². The third kappa shape index (κ3) is 3.50. The van der Waals surface area contributed by atoms with E-state index in [1.807, 2.05) is 0 Å². The first-order valence-corrected chi connectivity index (χ1v) is 9.56. The van der Waals surface area contributed by atoms with Gasteiger partial charge in [0.15, 0.2) is 11.5 Å². The quantitative estimate of drug-likeness (QED) is 0.402. The van der Waals surface area contributed by atoms with Crippen LogP contribution < -0.4 is 0 Å². The van der Waals surface area contributed by atoms with Crippen LogP contribution in [0.3, 0.4) is 0 Å². The van der Waals surface area contributed by atoms with Gasteiger partial charge in [0.1, 0.15) is 5.82 Å². The molecule has 3 nitrogen and oxygen atoms in total. The fraction of sp³-hybridized carbons (Fsp3) is 0.136. The number of fused-ring (bicyclic) bond motifs is 1. The van der Waals surface area contributed by atoms with E-state index in [4.69, 9.17) is 23.2 Å². The van der Waals surface area contributed by atoms with Crippen molar-refractivity contribution >= 4 is 28.8 Å². The second kappa shape index (κ2) is 7.10. The Balaban J connectivity index is 1.88. The number of aromatic nitrogens is 2. The van der Waals surface area contributed by atoms with Crippen molar-refractivity contribution in [3.63, 3.8) is 0 Å². The molecule has 0 aliphatic rings. The minimum atomic E-state index is -1.34. The second-order valence-corrected chi connectivity index (χ2v) is 8.10. The molecule has 0 aliphatic heterocycles. The highest BCUT2D eigenvalue weighted by Crippen LogP contribution is 2.35. The number of aliphatic hydroxyl groups is 1. The van der Waals surface area contributed by atoms with E-state index in [0.29, 0.717) is 32.4 Å². The zero-order valence-corrected chi connectivity index (χ0v) is 17.1. The third-order valence-corrected chi connectivity index (χ3v) is 5.31. The average molecular weight is 433 g/mol. The Bertz CT molecular complexity index is 1250. The van der Waals surface area contributed by atoms with Crippen molar-refractivity contribution < 1.29 is 13.9 Å². The van der Waals surface area contributed by atoms with Gasteiger partial charge in [-0.25, -0.2) is 13.8 Å². The summed E-state index contributed by atoms with van der Waals surface area (Å²) in [5.74, 6) is -1.04. The highest BCUT2D eigenvalue weighted by molar-refractivity contribution is 6.36. The predicted molar refractivity (Wildman–Crippen MR) is 111 cm³/mol. The number of hydrogen-bond donors (Lipinski definition) is 1. The normalized spacial score (nSPS) is 12.0. The molecule has 0 radical (unpaired) electrons. The van der Waals surface area contributed by atoms with Crippen molar-refractivity contribution in [2.45, 2.75) is 19.4 Å². The number of hydrogen-bond acceptors (Lipinski definition) is 2. The monoisotopic (exact) mass is 432 g/mol. The predicted octanol–water partition coefficient (Wildman–Crippen LogP) is 6.48. The molecule has 0 saturated carbocycles. The molecule has 0 saturated heterocycles. The van der Waals surface area contributed by atoms with Gasteiger partial charge in [0.05, 0.1) is 17.5 Å². The smallest absolute Gasteiger partial charge is 0.174 e. The van der Waals surface area contributed by atoms with Gasteiger partial charge in [0.2, 0.25) is 0 Å². The molecule has 0 atom stereocenters. The van der Waals surface area contributed by atoms with Crippen LogP contribution in [0, 0.1) is 11.6 Å². The molecule has 4 aromatic rings. The number of nitrogens with zero attached hydrogens (tertiary/aromatic N) is 2. The topological polar surface area (TPSA) is 37.5 Å². The zero-order chi connectivity index (χ0) is 20.9. The summed E-state index contributed by atoms with van der Waals surface area (Å²) in [7, 11) is 0. The second-order valence-electron chi connectivity index (χ2n) is 7.26. The lowest BCUT2D eigenvalue weighted by molar-refractivity contribution is 0.0746. The van der Waals surface area contributed by atoms with Crippen molar-refractivity contribution in [2.24, 2.45) is 0 Å². The lowest BCUT2D eigenvalue weighted by Crippen LogP contribution is -2.18. The van der Waals surface area contributed by atoms with Gasteiger partial charge in [-0.15, -0.1) is 0 Å². The van der Waals surface area contributed by atoms with Gasteiger partial charge in [-0.3, -0.25) is 4.40 Å². The molecule has 0 amide bonds. The minimum absolute atomic E-state index is 0.0787. The molecule has 2 aromatic heterocycles. The molecule has 0 spiro atoms. The highest BCUT2D eigenvalue weighted by Gasteiger charge is 2.24. The first-order chi connectivity index (χ1) is 13.7. The van der Waals surface area contributed by atoms with Gasteiger partial charge in [0, 0.05) is 38.5 Å². The first kappa shape index (κ1) is 19.8. The van der Waals surface area contributed by atoms with E-state index in [2.05, 4.69) is 4.98 Å². The summed E-state index contributed by atoms with van der Waals surface area (Å²) >= 11 is 12.2. The summed E-state index contributed by atoms with van der Waals surface area (Å²) in [6.45, 7) is 3.02. The van der Waals surface area contributed by atoms with E-state index in [1.165, 1.54) is 32.2 Å². The summed E-state index contributed by atoms with van der Waals surface area (Å²) < 4.78 is 31.0.